The van der Waals surface area contributed by atoms with Gasteiger partial charge in [0.1, 0.15) is 5.01 Å². The summed E-state index contributed by atoms with van der Waals surface area (Å²) in [5, 5.41) is 11.8. The number of carbonyl (C=O) groups excluding carboxylic acids is 1. The van der Waals surface area contributed by atoms with Crippen molar-refractivity contribution in [1.29, 1.82) is 0 Å². The molecule has 1 fully saturated rings. The molecule has 0 bridgehead atoms. The molecule has 1 aromatic rings. The smallest absolute Gasteiger partial charge is 0.236 e. The van der Waals surface area contributed by atoms with Gasteiger partial charge in [-0.15, -0.1) is 10.2 Å². The topological polar surface area (TPSA) is 64.1 Å². The van der Waals surface area contributed by atoms with E-state index in [0.717, 1.165) is 5.01 Å². The van der Waals surface area contributed by atoms with Crippen molar-refractivity contribution in [3.63, 3.8) is 0 Å². The molecule has 0 radical (unpaired) electrons. The highest BCUT2D eigenvalue weighted by Gasteiger charge is 2.41. The van der Waals surface area contributed by atoms with Gasteiger partial charge in [-0.25, -0.2) is 0 Å². The van der Waals surface area contributed by atoms with Crippen LogP contribution in [0.25, 0.3) is 0 Å². The summed E-state index contributed by atoms with van der Waals surface area (Å²) >= 11 is 1.37. The minimum absolute atomic E-state index is 0.0418. The third kappa shape index (κ3) is 1.62. The fraction of sp³-hybridized carbons (Fsp3) is 0.625. The summed E-state index contributed by atoms with van der Waals surface area (Å²) in [6, 6.07) is 0. The minimum atomic E-state index is -0.389. The summed E-state index contributed by atoms with van der Waals surface area (Å²) in [6.07, 6.45) is 0. The Bertz CT molecular complexity index is 359. The van der Waals surface area contributed by atoms with Crippen LogP contribution < -0.4 is 5.32 Å². The average Bonchev–Trinajstić information content (AvgIpc) is 2.47. The van der Waals surface area contributed by atoms with Crippen LogP contribution in [0.5, 0.6) is 0 Å². The van der Waals surface area contributed by atoms with Gasteiger partial charge in [-0.1, -0.05) is 11.3 Å². The van der Waals surface area contributed by atoms with Crippen LogP contribution in [0, 0.1) is 12.3 Å². The summed E-state index contributed by atoms with van der Waals surface area (Å²) in [4.78, 5) is 11.7. The molecule has 2 heterocycles. The van der Waals surface area contributed by atoms with Crippen molar-refractivity contribution in [2.24, 2.45) is 5.41 Å². The van der Waals surface area contributed by atoms with Crippen LogP contribution in [0.1, 0.15) is 11.9 Å². The Balaban J connectivity index is 2.01. The van der Waals surface area contributed by atoms with Gasteiger partial charge in [0, 0.05) is 0 Å². The lowest BCUT2D eigenvalue weighted by Crippen LogP contribution is -2.49. The molecule has 2 rings (SSSR count). The first-order valence-corrected chi connectivity index (χ1v) is 5.11. The van der Waals surface area contributed by atoms with E-state index in [1.165, 1.54) is 11.3 Å². The summed E-state index contributed by atoms with van der Waals surface area (Å²) in [6.45, 7) is 4.69. The molecule has 5 nitrogen and oxygen atoms in total. The van der Waals surface area contributed by atoms with E-state index in [-0.39, 0.29) is 11.3 Å². The van der Waals surface area contributed by atoms with E-state index in [9.17, 15) is 4.79 Å². The molecule has 1 amide bonds. The molecular weight excluding hydrogens is 202 g/mol. The van der Waals surface area contributed by atoms with Gasteiger partial charge < -0.3 is 4.74 Å². The van der Waals surface area contributed by atoms with Crippen LogP contribution in [0.3, 0.4) is 0 Å². The molecule has 76 valence electrons. The monoisotopic (exact) mass is 213 g/mol. The van der Waals surface area contributed by atoms with Gasteiger partial charge in [0.15, 0.2) is 0 Å². The number of aryl methyl sites for hydroxylation is 1. The Morgan fingerprint density at radius 2 is 2.29 bits per heavy atom. The normalized spacial score (nSPS) is 18.7. The number of rotatable bonds is 2. The van der Waals surface area contributed by atoms with Gasteiger partial charge in [-0.3, -0.25) is 10.1 Å². The van der Waals surface area contributed by atoms with Gasteiger partial charge in [-0.2, -0.15) is 0 Å². The largest absolute Gasteiger partial charge is 0.379 e. The zero-order chi connectivity index (χ0) is 10.2. The van der Waals surface area contributed by atoms with Crippen LogP contribution in [0.4, 0.5) is 5.13 Å². The molecule has 1 aliphatic rings. The molecule has 0 atom stereocenters. The van der Waals surface area contributed by atoms with Gasteiger partial charge in [0.2, 0.25) is 11.0 Å². The summed E-state index contributed by atoms with van der Waals surface area (Å²) in [5.41, 5.74) is -0.389. The molecular formula is C8H11N3O2S. The highest BCUT2D eigenvalue weighted by molar-refractivity contribution is 7.15. The highest BCUT2D eigenvalue weighted by atomic mass is 32.1. The Hall–Kier alpha value is -1.01. The summed E-state index contributed by atoms with van der Waals surface area (Å²) in [5.74, 6) is -0.0418. The number of ether oxygens (including phenoxy) is 1. The Kier molecular flexibility index (Phi) is 2.24. The van der Waals surface area contributed by atoms with Gasteiger partial charge >= 0.3 is 0 Å². The van der Waals surface area contributed by atoms with Crippen molar-refractivity contribution < 1.29 is 9.53 Å². The van der Waals surface area contributed by atoms with Gasteiger partial charge in [0.05, 0.1) is 18.6 Å². The summed E-state index contributed by atoms with van der Waals surface area (Å²) < 4.78 is 5.01. The third-order valence-electron chi connectivity index (χ3n) is 2.14. The van der Waals surface area contributed by atoms with E-state index >= 15 is 0 Å². The van der Waals surface area contributed by atoms with Crippen molar-refractivity contribution >= 4 is 22.4 Å². The number of carbonyl (C=O) groups is 1. The van der Waals surface area contributed by atoms with E-state index in [1.54, 1.807) is 0 Å². The standard InChI is InChI=1S/C8H11N3O2S/c1-5-10-11-7(14-5)9-6(12)8(2)3-13-4-8/h3-4H2,1-2H3,(H,9,11,12). The second-order valence-corrected chi connectivity index (χ2v) is 4.82. The number of aromatic nitrogens is 2. The van der Waals surface area contributed by atoms with Crippen LogP contribution in [-0.2, 0) is 9.53 Å². The van der Waals surface area contributed by atoms with Crippen molar-refractivity contribution in [2.45, 2.75) is 13.8 Å². The lowest BCUT2D eigenvalue weighted by molar-refractivity contribution is -0.151. The summed E-state index contributed by atoms with van der Waals surface area (Å²) in [7, 11) is 0. The fourth-order valence-corrected chi connectivity index (χ4v) is 1.72. The zero-order valence-corrected chi connectivity index (χ0v) is 8.85. The number of hydrogen-bond donors (Lipinski definition) is 1. The molecule has 0 spiro atoms. The van der Waals surface area contributed by atoms with E-state index in [2.05, 4.69) is 15.5 Å². The van der Waals surface area contributed by atoms with E-state index in [0.29, 0.717) is 18.3 Å². The molecule has 0 aliphatic carbocycles. The lowest BCUT2D eigenvalue weighted by atomic mass is 9.88. The first-order valence-electron chi connectivity index (χ1n) is 4.29. The van der Waals surface area contributed by atoms with Gasteiger partial charge in [-0.05, 0) is 13.8 Å². The minimum Gasteiger partial charge on any atom is -0.379 e. The molecule has 14 heavy (non-hydrogen) atoms. The molecule has 0 aromatic carbocycles. The molecule has 6 heteroatoms. The Morgan fingerprint density at radius 3 is 2.71 bits per heavy atom. The van der Waals surface area contributed by atoms with Crippen molar-refractivity contribution in [1.82, 2.24) is 10.2 Å². The average molecular weight is 213 g/mol. The van der Waals surface area contributed by atoms with Crippen LogP contribution in [-0.4, -0.2) is 29.3 Å². The first kappa shape index (κ1) is 9.54. The second-order valence-electron chi connectivity index (χ2n) is 3.63. The van der Waals surface area contributed by atoms with Crippen molar-refractivity contribution in [2.75, 3.05) is 18.5 Å². The lowest BCUT2D eigenvalue weighted by Gasteiger charge is -2.35. The number of nitrogens with zero attached hydrogens (tertiary/aromatic N) is 2. The number of hydrogen-bond acceptors (Lipinski definition) is 5. The van der Waals surface area contributed by atoms with Crippen molar-refractivity contribution in [3.05, 3.63) is 5.01 Å². The zero-order valence-electron chi connectivity index (χ0n) is 8.03. The molecule has 0 saturated carbocycles. The first-order chi connectivity index (χ1) is 6.60. The maximum atomic E-state index is 11.7. The maximum absolute atomic E-state index is 11.7. The molecule has 1 aromatic heterocycles. The molecule has 1 aliphatic heterocycles. The predicted molar refractivity (Wildman–Crippen MR) is 52.2 cm³/mol. The van der Waals surface area contributed by atoms with Crippen LogP contribution in [0.15, 0.2) is 0 Å². The second kappa shape index (κ2) is 3.29. The van der Waals surface area contributed by atoms with Gasteiger partial charge in [0.25, 0.3) is 0 Å². The maximum Gasteiger partial charge on any atom is 0.236 e. The Labute approximate surface area is 85.5 Å². The number of amides is 1. The molecule has 1 saturated heterocycles. The fourth-order valence-electron chi connectivity index (χ4n) is 1.13. The number of anilines is 1. The van der Waals surface area contributed by atoms with Crippen molar-refractivity contribution in [3.8, 4) is 0 Å². The SMILES string of the molecule is Cc1nnc(NC(=O)C2(C)COC2)s1. The Morgan fingerprint density at radius 1 is 1.57 bits per heavy atom. The van der Waals surface area contributed by atoms with E-state index < -0.39 is 0 Å². The van der Waals surface area contributed by atoms with E-state index in [1.807, 2.05) is 13.8 Å². The third-order valence-corrected chi connectivity index (χ3v) is 2.89. The molecule has 0 unspecified atom stereocenters. The highest BCUT2D eigenvalue weighted by Crippen LogP contribution is 2.28. The predicted octanol–water partition coefficient (Wildman–Crippen LogP) is 0.822. The van der Waals surface area contributed by atoms with Crippen LogP contribution in [0.2, 0.25) is 0 Å². The molecule has 1 N–H and O–H groups in total. The van der Waals surface area contributed by atoms with E-state index in [4.69, 9.17) is 4.74 Å². The quantitative estimate of drug-likeness (QED) is 0.790. The van der Waals surface area contributed by atoms with Crippen LogP contribution >= 0.6 is 11.3 Å². The number of nitrogens with one attached hydrogen (secondary N) is 1.